The van der Waals surface area contributed by atoms with E-state index in [1.165, 1.54) is 11.1 Å². The molecular formula is C26H22BrN5O3. The van der Waals surface area contributed by atoms with Gasteiger partial charge in [0.05, 0.1) is 28.7 Å². The molecule has 0 aliphatic carbocycles. The zero-order valence-electron chi connectivity index (χ0n) is 18.6. The smallest absolute Gasteiger partial charge is 0.279 e. The van der Waals surface area contributed by atoms with Gasteiger partial charge in [-0.15, -0.1) is 0 Å². The van der Waals surface area contributed by atoms with E-state index in [-0.39, 0.29) is 12.2 Å². The van der Waals surface area contributed by atoms with Crippen LogP contribution in [0.4, 0.5) is 11.4 Å². The van der Waals surface area contributed by atoms with Crippen molar-refractivity contribution in [2.45, 2.75) is 6.42 Å². The van der Waals surface area contributed by atoms with Crippen molar-refractivity contribution in [3.05, 3.63) is 88.1 Å². The number of nitrogens with zero attached hydrogens (tertiary/aromatic N) is 3. The largest absolute Gasteiger partial charge is 0.444 e. The number of nitrogens with one attached hydrogen (secondary N) is 1. The van der Waals surface area contributed by atoms with E-state index in [1.54, 1.807) is 24.4 Å². The highest BCUT2D eigenvalue weighted by Gasteiger charge is 2.17. The average molecular weight is 532 g/mol. The van der Waals surface area contributed by atoms with Gasteiger partial charge in [0.1, 0.15) is 0 Å². The van der Waals surface area contributed by atoms with E-state index in [4.69, 9.17) is 20.4 Å². The minimum absolute atomic E-state index is 0.0899. The first-order valence-electron chi connectivity index (χ1n) is 11.0. The van der Waals surface area contributed by atoms with Crippen molar-refractivity contribution in [3.8, 4) is 28.3 Å². The Labute approximate surface area is 209 Å². The summed E-state index contributed by atoms with van der Waals surface area (Å²) < 4.78 is 7.67. The number of nitrogen functional groups attached to an aromatic ring is 1. The lowest BCUT2D eigenvalue weighted by molar-refractivity contribution is 0.292. The molecule has 2 heterocycles. The van der Waals surface area contributed by atoms with Crippen molar-refractivity contribution >= 4 is 38.1 Å². The predicted molar refractivity (Wildman–Crippen MR) is 141 cm³/mol. The quantitative estimate of drug-likeness (QED) is 0.203. The van der Waals surface area contributed by atoms with E-state index in [9.17, 15) is 4.79 Å². The Morgan fingerprint density at radius 1 is 1.06 bits per heavy atom. The van der Waals surface area contributed by atoms with Gasteiger partial charge in [0.2, 0.25) is 0 Å². The number of rotatable bonds is 7. The molecule has 0 fully saturated rings. The molecule has 0 saturated heterocycles. The fraction of sp³-hybridized carbons (Fsp3) is 0.115. The third-order valence-electron chi connectivity index (χ3n) is 5.62. The number of benzene rings is 3. The first-order chi connectivity index (χ1) is 17.0. The predicted octanol–water partition coefficient (Wildman–Crippen LogP) is 4.85. The summed E-state index contributed by atoms with van der Waals surface area (Å²) in [5.74, 6) is 0.621. The van der Waals surface area contributed by atoms with E-state index in [0.29, 0.717) is 41.2 Å². The summed E-state index contributed by atoms with van der Waals surface area (Å²) in [6, 6.07) is 18.6. The average Bonchev–Trinajstić information content (AvgIpc) is 3.41. The zero-order chi connectivity index (χ0) is 24.4. The molecule has 4 N–H and O–H groups in total. The number of oxazole rings is 1. The number of fused-ring (bicyclic) bond motifs is 1. The van der Waals surface area contributed by atoms with Crippen LogP contribution in [0, 0.1) is 0 Å². The summed E-state index contributed by atoms with van der Waals surface area (Å²) in [7, 11) is 0. The van der Waals surface area contributed by atoms with Crippen LogP contribution in [-0.4, -0.2) is 33.0 Å². The summed E-state index contributed by atoms with van der Waals surface area (Å²) >= 11 is 3.58. The van der Waals surface area contributed by atoms with Gasteiger partial charge in [-0.05, 0) is 48.9 Å². The van der Waals surface area contributed by atoms with Crippen molar-refractivity contribution in [2.24, 2.45) is 0 Å². The minimum Gasteiger partial charge on any atom is -0.444 e. The van der Waals surface area contributed by atoms with Gasteiger partial charge in [-0.2, -0.15) is 9.78 Å². The van der Waals surface area contributed by atoms with Crippen molar-refractivity contribution in [1.82, 2.24) is 14.8 Å². The Bertz CT molecular complexity index is 1560. The highest BCUT2D eigenvalue weighted by molar-refractivity contribution is 9.10. The van der Waals surface area contributed by atoms with E-state index >= 15 is 0 Å². The van der Waals surface area contributed by atoms with Crippen LogP contribution in [-0.2, 0) is 0 Å². The van der Waals surface area contributed by atoms with Gasteiger partial charge in [0.15, 0.2) is 12.2 Å². The summed E-state index contributed by atoms with van der Waals surface area (Å²) in [5.41, 5.74) is 9.95. The maximum atomic E-state index is 13.5. The lowest BCUT2D eigenvalue weighted by atomic mass is 10.0. The van der Waals surface area contributed by atoms with Crippen LogP contribution in [0.25, 0.3) is 39.0 Å². The number of hydrogen-bond donors (Lipinski definition) is 3. The SMILES string of the molecule is Nc1ccc(NCCCO)cc1-n1nc(-c2cc(Br)cc(-c3cnco3)c2)c2ccccc2c1=O. The molecular weight excluding hydrogens is 510 g/mol. The molecule has 0 radical (unpaired) electrons. The maximum Gasteiger partial charge on any atom is 0.279 e. The highest BCUT2D eigenvalue weighted by atomic mass is 79.9. The Kier molecular flexibility index (Phi) is 6.35. The number of nitrogens with two attached hydrogens (primary N) is 1. The lowest BCUT2D eigenvalue weighted by Gasteiger charge is -2.15. The zero-order valence-corrected chi connectivity index (χ0v) is 20.2. The topological polar surface area (TPSA) is 119 Å². The van der Waals surface area contributed by atoms with E-state index in [1.807, 2.05) is 42.5 Å². The Morgan fingerprint density at radius 3 is 2.63 bits per heavy atom. The summed E-state index contributed by atoms with van der Waals surface area (Å²) in [5, 5.41) is 18.3. The molecule has 9 heteroatoms. The van der Waals surface area contributed by atoms with Crippen molar-refractivity contribution in [1.29, 1.82) is 0 Å². The molecule has 0 saturated carbocycles. The molecule has 0 amide bonds. The Hall–Kier alpha value is -3.95. The lowest BCUT2D eigenvalue weighted by Crippen LogP contribution is -2.23. The van der Waals surface area contributed by atoms with Gasteiger partial charge in [0.25, 0.3) is 5.56 Å². The molecule has 3 aromatic carbocycles. The number of hydrogen-bond acceptors (Lipinski definition) is 7. The van der Waals surface area contributed by atoms with Gasteiger partial charge < -0.3 is 20.6 Å². The summed E-state index contributed by atoms with van der Waals surface area (Å²) in [6.45, 7) is 0.681. The molecule has 0 aliphatic heterocycles. The van der Waals surface area contributed by atoms with Crippen molar-refractivity contribution < 1.29 is 9.52 Å². The maximum absolute atomic E-state index is 13.5. The number of aliphatic hydroxyl groups excluding tert-OH is 1. The summed E-state index contributed by atoms with van der Waals surface area (Å²) in [6.07, 6.45) is 3.64. The standard InChI is InChI=1S/C26H22BrN5O3/c27-18-11-16(24-14-29-15-35-24)10-17(12-18)25-20-4-1-2-5-21(20)26(34)32(31-25)23-13-19(6-7-22(23)28)30-8-3-9-33/h1-2,4-7,10-15,30,33H,3,8-9,28H2. The molecule has 2 aromatic heterocycles. The van der Waals surface area contributed by atoms with Gasteiger partial charge >= 0.3 is 0 Å². The van der Waals surface area contributed by atoms with Gasteiger partial charge in [-0.25, -0.2) is 4.98 Å². The van der Waals surface area contributed by atoms with E-state index < -0.39 is 0 Å². The second-order valence-corrected chi connectivity index (χ2v) is 8.90. The fourth-order valence-corrected chi connectivity index (χ4v) is 4.44. The van der Waals surface area contributed by atoms with Crippen LogP contribution in [0.3, 0.4) is 0 Å². The first-order valence-corrected chi connectivity index (χ1v) is 11.8. The molecule has 35 heavy (non-hydrogen) atoms. The second-order valence-electron chi connectivity index (χ2n) is 7.98. The van der Waals surface area contributed by atoms with Gasteiger partial charge in [-0.3, -0.25) is 4.79 Å². The van der Waals surface area contributed by atoms with Crippen LogP contribution >= 0.6 is 15.9 Å². The molecule has 0 atom stereocenters. The third kappa shape index (κ3) is 4.55. The Morgan fingerprint density at radius 2 is 1.86 bits per heavy atom. The Balaban J connectivity index is 1.72. The van der Waals surface area contributed by atoms with Crippen LogP contribution in [0.1, 0.15) is 6.42 Å². The molecule has 5 aromatic rings. The molecule has 8 nitrogen and oxygen atoms in total. The number of aliphatic hydroxyl groups is 1. The van der Waals surface area contributed by atoms with Crippen molar-refractivity contribution in [2.75, 3.05) is 24.2 Å². The van der Waals surface area contributed by atoms with Crippen LogP contribution in [0.5, 0.6) is 0 Å². The number of aromatic nitrogens is 3. The van der Waals surface area contributed by atoms with Gasteiger partial charge in [-0.1, -0.05) is 34.1 Å². The minimum atomic E-state index is -0.269. The first kappa shape index (κ1) is 22.8. The summed E-state index contributed by atoms with van der Waals surface area (Å²) in [4.78, 5) is 17.5. The van der Waals surface area contributed by atoms with E-state index in [2.05, 4.69) is 26.2 Å². The van der Waals surface area contributed by atoms with Crippen LogP contribution in [0.2, 0.25) is 0 Å². The van der Waals surface area contributed by atoms with Crippen molar-refractivity contribution in [3.63, 3.8) is 0 Å². The number of halogens is 1. The fourth-order valence-electron chi connectivity index (χ4n) is 3.94. The monoisotopic (exact) mass is 531 g/mol. The molecule has 0 bridgehead atoms. The normalized spacial score (nSPS) is 11.1. The molecule has 5 rings (SSSR count). The van der Waals surface area contributed by atoms with Crippen LogP contribution in [0.15, 0.2) is 86.9 Å². The number of anilines is 2. The van der Waals surface area contributed by atoms with Gasteiger partial charge in [0, 0.05) is 39.8 Å². The molecule has 0 spiro atoms. The van der Waals surface area contributed by atoms with Crippen LogP contribution < -0.4 is 16.6 Å². The molecule has 0 unspecified atom stereocenters. The highest BCUT2D eigenvalue weighted by Crippen LogP contribution is 2.33. The third-order valence-corrected chi connectivity index (χ3v) is 6.07. The second kappa shape index (κ2) is 9.73. The molecule has 176 valence electrons. The molecule has 0 aliphatic rings. The van der Waals surface area contributed by atoms with E-state index in [0.717, 1.165) is 26.7 Å².